The van der Waals surface area contributed by atoms with E-state index >= 15 is 0 Å². The van der Waals surface area contributed by atoms with Crippen LogP contribution >= 0.6 is 0 Å². The Kier molecular flexibility index (Phi) is 5.26. The van der Waals surface area contributed by atoms with Gasteiger partial charge in [-0.05, 0) is 61.1 Å². The highest BCUT2D eigenvalue weighted by atomic mass is 19.4. The van der Waals surface area contributed by atoms with Crippen molar-refractivity contribution < 1.29 is 22.4 Å². The van der Waals surface area contributed by atoms with Crippen LogP contribution in [-0.2, 0) is 17.4 Å². The van der Waals surface area contributed by atoms with E-state index in [0.717, 1.165) is 24.6 Å². The van der Waals surface area contributed by atoms with Crippen LogP contribution in [0.15, 0.2) is 42.5 Å². The minimum atomic E-state index is -4.43. The zero-order valence-corrected chi connectivity index (χ0v) is 17.5. The highest BCUT2D eigenvalue weighted by Gasteiger charge is 2.43. The van der Waals surface area contributed by atoms with E-state index in [2.05, 4.69) is 5.32 Å². The molecule has 170 valence electrons. The zero-order valence-electron chi connectivity index (χ0n) is 17.5. The molecule has 1 N–H and O–H groups in total. The second kappa shape index (κ2) is 7.98. The molecule has 2 fully saturated rings. The number of anilines is 2. The second-order valence-corrected chi connectivity index (χ2v) is 9.00. The van der Waals surface area contributed by atoms with Crippen molar-refractivity contribution in [2.24, 2.45) is 11.8 Å². The van der Waals surface area contributed by atoms with Gasteiger partial charge in [-0.1, -0.05) is 12.1 Å². The van der Waals surface area contributed by atoms with E-state index in [0.29, 0.717) is 43.3 Å². The first-order valence-corrected chi connectivity index (χ1v) is 11.0. The molecule has 2 unspecified atom stereocenters. The third-order valence-electron chi connectivity index (χ3n) is 6.83. The van der Waals surface area contributed by atoms with E-state index < -0.39 is 17.7 Å². The van der Waals surface area contributed by atoms with Crippen LogP contribution in [0.2, 0.25) is 0 Å². The zero-order chi connectivity index (χ0) is 22.5. The summed E-state index contributed by atoms with van der Waals surface area (Å²) in [5.41, 5.74) is 1.07. The number of benzene rings is 2. The molecule has 0 radical (unpaired) electrons. The van der Waals surface area contributed by atoms with Gasteiger partial charge in [0, 0.05) is 31.9 Å². The summed E-state index contributed by atoms with van der Waals surface area (Å²) in [5, 5.41) is 3.01. The van der Waals surface area contributed by atoms with Crippen molar-refractivity contribution >= 4 is 17.3 Å². The van der Waals surface area contributed by atoms with Gasteiger partial charge in [0.15, 0.2) is 0 Å². The maximum absolute atomic E-state index is 14.4. The van der Waals surface area contributed by atoms with Gasteiger partial charge in [0.05, 0.1) is 23.2 Å². The van der Waals surface area contributed by atoms with Gasteiger partial charge < -0.3 is 15.1 Å². The van der Waals surface area contributed by atoms with Gasteiger partial charge in [0.1, 0.15) is 5.82 Å². The van der Waals surface area contributed by atoms with Gasteiger partial charge in [-0.25, -0.2) is 4.39 Å². The number of nitrogens with zero attached hydrogens (tertiary/aromatic N) is 2. The molecule has 32 heavy (non-hydrogen) atoms. The number of rotatable bonds is 4. The number of hydrogen-bond donors (Lipinski definition) is 1. The lowest BCUT2D eigenvalue weighted by Gasteiger charge is -2.49. The van der Waals surface area contributed by atoms with E-state index in [1.165, 1.54) is 18.2 Å². The lowest BCUT2D eigenvalue weighted by molar-refractivity contribution is -0.137. The van der Waals surface area contributed by atoms with Gasteiger partial charge in [0.25, 0.3) is 0 Å². The summed E-state index contributed by atoms with van der Waals surface area (Å²) in [7, 11) is 0. The minimum absolute atomic E-state index is 0.134. The summed E-state index contributed by atoms with van der Waals surface area (Å²) in [5.74, 6) is -0.449. The monoisotopic (exact) mass is 447 g/mol. The van der Waals surface area contributed by atoms with Crippen LogP contribution < -0.4 is 15.1 Å². The molecular formula is C24H25F4N3O. The quantitative estimate of drug-likeness (QED) is 0.713. The van der Waals surface area contributed by atoms with Crippen molar-refractivity contribution in [1.29, 1.82) is 0 Å². The second-order valence-electron chi connectivity index (χ2n) is 9.00. The Morgan fingerprint density at radius 3 is 2.56 bits per heavy atom. The fourth-order valence-corrected chi connectivity index (χ4v) is 4.92. The fourth-order valence-electron chi connectivity index (χ4n) is 4.92. The molecule has 3 aliphatic rings. The van der Waals surface area contributed by atoms with Crippen LogP contribution in [0, 0.1) is 17.7 Å². The van der Waals surface area contributed by atoms with Crippen molar-refractivity contribution in [2.75, 3.05) is 36.0 Å². The highest BCUT2D eigenvalue weighted by Crippen LogP contribution is 2.40. The molecular weight excluding hydrogens is 422 g/mol. The number of nitrogens with one attached hydrogen (secondary N) is 1. The molecule has 1 saturated carbocycles. The molecule has 0 spiro atoms. The van der Waals surface area contributed by atoms with Crippen LogP contribution in [0.3, 0.4) is 0 Å². The number of amides is 1. The third-order valence-corrected chi connectivity index (χ3v) is 6.83. The smallest absolute Gasteiger partial charge is 0.365 e. The third kappa shape index (κ3) is 4.02. The molecule has 1 amide bonds. The van der Waals surface area contributed by atoms with E-state index in [-0.39, 0.29) is 24.2 Å². The Bertz CT molecular complexity index is 1020. The standard InChI is InChI=1S/C24H25F4N3O/c25-19-3-1-2-4-21(19)30-9-10-31-20-8-7-17(24(26,27)28)11-16(20)12-18(22(31)14-30)23(32)29-13-15-5-6-15/h1-4,7-8,11,15,18,22H,5-6,9-10,12-14H2,(H,29,32). The molecule has 2 aliphatic heterocycles. The summed E-state index contributed by atoms with van der Waals surface area (Å²) in [6, 6.07) is 10.1. The molecule has 4 nitrogen and oxygen atoms in total. The summed E-state index contributed by atoms with van der Waals surface area (Å²) in [6.45, 7) is 2.06. The van der Waals surface area contributed by atoms with Crippen molar-refractivity contribution in [3.05, 3.63) is 59.4 Å². The van der Waals surface area contributed by atoms with Crippen LogP contribution in [0.1, 0.15) is 24.0 Å². The number of carbonyl (C=O) groups excluding carboxylic acids is 1. The normalized spacial score (nSPS) is 22.9. The molecule has 2 aromatic rings. The lowest BCUT2D eigenvalue weighted by atomic mass is 9.82. The van der Waals surface area contributed by atoms with Gasteiger partial charge in [0.2, 0.25) is 5.91 Å². The average molecular weight is 447 g/mol. The number of halogens is 4. The molecule has 1 saturated heterocycles. The van der Waals surface area contributed by atoms with Crippen molar-refractivity contribution in [3.63, 3.8) is 0 Å². The van der Waals surface area contributed by atoms with Crippen LogP contribution in [0.4, 0.5) is 28.9 Å². The Hall–Kier alpha value is -2.77. The Labute approximate surface area is 184 Å². The molecule has 0 aromatic heterocycles. The molecule has 5 rings (SSSR count). The Balaban J connectivity index is 1.46. The molecule has 2 atom stereocenters. The predicted molar refractivity (Wildman–Crippen MR) is 114 cm³/mol. The molecule has 1 aliphatic carbocycles. The maximum atomic E-state index is 14.4. The average Bonchev–Trinajstić information content (AvgIpc) is 3.60. The van der Waals surface area contributed by atoms with E-state index in [4.69, 9.17) is 0 Å². The summed E-state index contributed by atoms with van der Waals surface area (Å²) < 4.78 is 54.3. The first-order valence-electron chi connectivity index (χ1n) is 11.0. The van der Waals surface area contributed by atoms with Crippen molar-refractivity contribution in [3.8, 4) is 0 Å². The van der Waals surface area contributed by atoms with Gasteiger partial charge in [-0.3, -0.25) is 4.79 Å². The van der Waals surface area contributed by atoms with Gasteiger partial charge in [-0.2, -0.15) is 13.2 Å². The number of fused-ring (bicyclic) bond motifs is 3. The van der Waals surface area contributed by atoms with Gasteiger partial charge >= 0.3 is 6.18 Å². The predicted octanol–water partition coefficient (Wildman–Crippen LogP) is 4.24. The van der Waals surface area contributed by atoms with Gasteiger partial charge in [-0.15, -0.1) is 0 Å². The van der Waals surface area contributed by atoms with Crippen molar-refractivity contribution in [2.45, 2.75) is 31.5 Å². The van der Waals surface area contributed by atoms with Crippen LogP contribution in [0.25, 0.3) is 0 Å². The fraction of sp³-hybridized carbons (Fsp3) is 0.458. The van der Waals surface area contributed by atoms with E-state index in [1.54, 1.807) is 18.2 Å². The number of piperazine rings is 1. The maximum Gasteiger partial charge on any atom is 0.416 e. The molecule has 2 heterocycles. The summed E-state index contributed by atoms with van der Waals surface area (Å²) in [6.07, 6.45) is -2.00. The number of carbonyl (C=O) groups is 1. The SMILES string of the molecule is O=C(NCC1CC1)C1Cc2cc(C(F)(F)F)ccc2N2CCN(c3ccccc3F)CC12. The van der Waals surface area contributed by atoms with Crippen molar-refractivity contribution in [1.82, 2.24) is 5.32 Å². The summed E-state index contributed by atoms with van der Waals surface area (Å²) in [4.78, 5) is 17.1. The lowest BCUT2D eigenvalue weighted by Crippen LogP contribution is -2.61. The Morgan fingerprint density at radius 2 is 1.84 bits per heavy atom. The molecule has 8 heteroatoms. The summed E-state index contributed by atoms with van der Waals surface area (Å²) >= 11 is 0. The van der Waals surface area contributed by atoms with Crippen LogP contribution in [0.5, 0.6) is 0 Å². The molecule has 0 bridgehead atoms. The highest BCUT2D eigenvalue weighted by molar-refractivity contribution is 5.82. The first kappa shape index (κ1) is 21.1. The number of alkyl halides is 3. The Morgan fingerprint density at radius 1 is 1.06 bits per heavy atom. The first-order chi connectivity index (χ1) is 15.3. The van der Waals surface area contributed by atoms with E-state index in [1.807, 2.05) is 9.80 Å². The largest absolute Gasteiger partial charge is 0.416 e. The molecule has 2 aromatic carbocycles. The van der Waals surface area contributed by atoms with Crippen LogP contribution in [-0.4, -0.2) is 38.1 Å². The minimum Gasteiger partial charge on any atom is -0.365 e. The van der Waals surface area contributed by atoms with E-state index in [9.17, 15) is 22.4 Å². The number of para-hydroxylation sites is 1. The topological polar surface area (TPSA) is 35.6 Å². The number of hydrogen-bond acceptors (Lipinski definition) is 3.